The second-order valence-electron chi connectivity index (χ2n) is 6.69. The maximum absolute atomic E-state index is 13.1. The highest BCUT2D eigenvalue weighted by molar-refractivity contribution is 6.03. The Bertz CT molecular complexity index is 757. The Hall–Kier alpha value is -2.60. The summed E-state index contributed by atoms with van der Waals surface area (Å²) in [5.41, 5.74) is 1.17. The van der Waals surface area contributed by atoms with Crippen LogP contribution in [0.4, 0.5) is 5.69 Å². The maximum Gasteiger partial charge on any atom is 0.291 e. The molecule has 3 rings (SSSR count). The molecule has 2 heterocycles. The average molecular weight is 355 g/mol. The number of furan rings is 1. The molecule has 2 amide bonds. The minimum Gasteiger partial charge on any atom is -0.459 e. The number of rotatable bonds is 4. The van der Waals surface area contributed by atoms with Crippen molar-refractivity contribution in [1.82, 2.24) is 9.80 Å². The number of hydrogen-bond acceptors (Lipinski definition) is 4. The molecule has 1 aliphatic heterocycles. The van der Waals surface area contributed by atoms with Crippen LogP contribution in [-0.2, 0) is 0 Å². The summed E-state index contributed by atoms with van der Waals surface area (Å²) in [7, 11) is 2.10. The van der Waals surface area contributed by atoms with Gasteiger partial charge >= 0.3 is 0 Å². The summed E-state index contributed by atoms with van der Waals surface area (Å²) in [4.78, 5) is 29.5. The van der Waals surface area contributed by atoms with Gasteiger partial charge in [0.15, 0.2) is 5.76 Å². The fraction of sp³-hybridized carbons (Fsp3) is 0.400. The summed E-state index contributed by atoms with van der Waals surface area (Å²) in [5.74, 6) is -0.0768. The standard InChI is InChI=1S/C20H25N3O3/c1-3-17-14-22(2)10-6-11-23(17)20(25)15-7-4-8-16(13-15)21-19(24)18-9-5-12-26-18/h4-5,7-9,12-13,17H,3,6,10-11,14H2,1-2H3,(H,21,24)/t17-/m1/s1. The lowest BCUT2D eigenvalue weighted by atomic mass is 10.1. The Morgan fingerprint density at radius 1 is 1.23 bits per heavy atom. The van der Waals surface area contributed by atoms with Crippen molar-refractivity contribution in [1.29, 1.82) is 0 Å². The molecular formula is C20H25N3O3. The van der Waals surface area contributed by atoms with E-state index in [1.807, 2.05) is 4.90 Å². The van der Waals surface area contributed by atoms with Crippen molar-refractivity contribution < 1.29 is 14.0 Å². The van der Waals surface area contributed by atoms with Gasteiger partial charge in [0.25, 0.3) is 11.8 Å². The molecule has 1 N–H and O–H groups in total. The number of carbonyl (C=O) groups excluding carboxylic acids is 2. The van der Waals surface area contributed by atoms with Crippen molar-refractivity contribution in [2.45, 2.75) is 25.8 Å². The van der Waals surface area contributed by atoms with Gasteiger partial charge < -0.3 is 19.5 Å². The maximum atomic E-state index is 13.1. The molecule has 1 aliphatic rings. The molecule has 1 saturated heterocycles. The highest BCUT2D eigenvalue weighted by Gasteiger charge is 2.27. The molecule has 1 fully saturated rings. The van der Waals surface area contributed by atoms with Gasteiger partial charge in [-0.25, -0.2) is 0 Å². The zero-order valence-corrected chi connectivity index (χ0v) is 15.3. The molecule has 0 aliphatic carbocycles. The van der Waals surface area contributed by atoms with Gasteiger partial charge in [0.1, 0.15) is 0 Å². The van der Waals surface area contributed by atoms with E-state index in [1.54, 1.807) is 36.4 Å². The molecule has 2 aromatic rings. The van der Waals surface area contributed by atoms with Gasteiger partial charge in [-0.15, -0.1) is 0 Å². The molecule has 6 heteroatoms. The molecule has 138 valence electrons. The van der Waals surface area contributed by atoms with E-state index in [0.29, 0.717) is 11.3 Å². The van der Waals surface area contributed by atoms with Crippen molar-refractivity contribution in [2.75, 3.05) is 32.0 Å². The Kier molecular flexibility index (Phi) is 5.73. The molecule has 26 heavy (non-hydrogen) atoms. The van der Waals surface area contributed by atoms with Crippen LogP contribution in [0.2, 0.25) is 0 Å². The number of anilines is 1. The molecule has 0 unspecified atom stereocenters. The number of likely N-dealkylation sites (N-methyl/N-ethyl adjacent to an activating group) is 1. The monoisotopic (exact) mass is 355 g/mol. The normalized spacial score (nSPS) is 18.4. The first-order valence-corrected chi connectivity index (χ1v) is 9.03. The van der Waals surface area contributed by atoms with E-state index in [1.165, 1.54) is 6.26 Å². The van der Waals surface area contributed by atoms with Crippen molar-refractivity contribution in [3.8, 4) is 0 Å². The number of nitrogens with zero attached hydrogens (tertiary/aromatic N) is 2. The zero-order valence-electron chi connectivity index (χ0n) is 15.3. The summed E-state index contributed by atoms with van der Waals surface area (Å²) in [6, 6.07) is 10.5. The molecule has 0 radical (unpaired) electrons. The Morgan fingerprint density at radius 3 is 2.81 bits per heavy atom. The van der Waals surface area contributed by atoms with E-state index in [9.17, 15) is 9.59 Å². The Morgan fingerprint density at radius 2 is 2.08 bits per heavy atom. The lowest BCUT2D eigenvalue weighted by Gasteiger charge is -2.30. The van der Waals surface area contributed by atoms with Gasteiger partial charge in [-0.05, 0) is 56.8 Å². The third kappa shape index (κ3) is 4.14. The molecule has 1 aromatic carbocycles. The third-order valence-corrected chi connectivity index (χ3v) is 4.75. The van der Waals surface area contributed by atoms with Crippen molar-refractivity contribution in [3.05, 3.63) is 54.0 Å². The molecule has 0 saturated carbocycles. The van der Waals surface area contributed by atoms with Gasteiger partial charge in [-0.1, -0.05) is 13.0 Å². The summed E-state index contributed by atoms with van der Waals surface area (Å²) in [5, 5.41) is 2.78. The molecule has 0 spiro atoms. The molecule has 6 nitrogen and oxygen atoms in total. The largest absolute Gasteiger partial charge is 0.459 e. The fourth-order valence-corrected chi connectivity index (χ4v) is 3.36. The number of nitrogens with one attached hydrogen (secondary N) is 1. The first-order valence-electron chi connectivity index (χ1n) is 9.03. The van der Waals surface area contributed by atoms with Gasteiger partial charge in [0, 0.05) is 30.4 Å². The molecule has 1 atom stereocenters. The average Bonchev–Trinajstić information content (AvgIpc) is 3.11. The first-order chi connectivity index (χ1) is 12.6. The lowest BCUT2D eigenvalue weighted by molar-refractivity contribution is 0.0675. The Balaban J connectivity index is 1.76. The predicted octanol–water partition coefficient (Wildman–Crippen LogP) is 3.09. The van der Waals surface area contributed by atoms with Gasteiger partial charge in [-0.2, -0.15) is 0 Å². The second-order valence-corrected chi connectivity index (χ2v) is 6.69. The summed E-state index contributed by atoms with van der Waals surface area (Å²) >= 11 is 0. The van der Waals surface area contributed by atoms with E-state index in [4.69, 9.17) is 4.42 Å². The highest BCUT2D eigenvalue weighted by Crippen LogP contribution is 2.19. The smallest absolute Gasteiger partial charge is 0.291 e. The number of benzene rings is 1. The van der Waals surface area contributed by atoms with Crippen LogP contribution in [0.5, 0.6) is 0 Å². The van der Waals surface area contributed by atoms with Crippen LogP contribution in [-0.4, -0.2) is 54.3 Å². The Labute approximate surface area is 153 Å². The van der Waals surface area contributed by atoms with E-state index >= 15 is 0 Å². The quantitative estimate of drug-likeness (QED) is 0.915. The van der Waals surface area contributed by atoms with Crippen LogP contribution in [0, 0.1) is 0 Å². The fourth-order valence-electron chi connectivity index (χ4n) is 3.36. The molecular weight excluding hydrogens is 330 g/mol. The van der Waals surface area contributed by atoms with Crippen molar-refractivity contribution >= 4 is 17.5 Å². The first kappa shape index (κ1) is 18.2. The summed E-state index contributed by atoms with van der Waals surface area (Å²) in [6.07, 6.45) is 3.34. The van der Waals surface area contributed by atoms with E-state index in [0.717, 1.165) is 32.5 Å². The summed E-state index contributed by atoms with van der Waals surface area (Å²) in [6.45, 7) is 4.76. The van der Waals surface area contributed by atoms with E-state index < -0.39 is 0 Å². The zero-order chi connectivity index (χ0) is 18.5. The number of amides is 2. The third-order valence-electron chi connectivity index (χ3n) is 4.75. The SMILES string of the molecule is CC[C@@H]1CN(C)CCCN1C(=O)c1cccc(NC(=O)c2ccco2)c1. The minimum atomic E-state index is -0.331. The molecule has 1 aromatic heterocycles. The van der Waals surface area contributed by atoms with Crippen LogP contribution in [0.25, 0.3) is 0 Å². The van der Waals surface area contributed by atoms with Crippen LogP contribution < -0.4 is 5.32 Å². The van der Waals surface area contributed by atoms with Crippen LogP contribution in [0.3, 0.4) is 0 Å². The molecule has 0 bridgehead atoms. The van der Waals surface area contributed by atoms with Crippen LogP contribution in [0.15, 0.2) is 47.1 Å². The van der Waals surface area contributed by atoms with Crippen molar-refractivity contribution in [2.24, 2.45) is 0 Å². The van der Waals surface area contributed by atoms with E-state index in [-0.39, 0.29) is 23.6 Å². The topological polar surface area (TPSA) is 65.8 Å². The minimum absolute atomic E-state index is 0.0150. The van der Waals surface area contributed by atoms with E-state index in [2.05, 4.69) is 24.2 Å². The number of hydrogen-bond donors (Lipinski definition) is 1. The summed E-state index contributed by atoms with van der Waals surface area (Å²) < 4.78 is 5.10. The van der Waals surface area contributed by atoms with Crippen molar-refractivity contribution in [3.63, 3.8) is 0 Å². The van der Waals surface area contributed by atoms with Gasteiger partial charge in [0.2, 0.25) is 0 Å². The lowest BCUT2D eigenvalue weighted by Crippen LogP contribution is -2.43. The highest BCUT2D eigenvalue weighted by atomic mass is 16.3. The van der Waals surface area contributed by atoms with Gasteiger partial charge in [0.05, 0.1) is 6.26 Å². The van der Waals surface area contributed by atoms with Gasteiger partial charge in [-0.3, -0.25) is 9.59 Å². The predicted molar refractivity (Wildman–Crippen MR) is 100 cm³/mol. The second kappa shape index (κ2) is 8.19. The number of carbonyl (C=O) groups is 2. The van der Waals surface area contributed by atoms with Crippen LogP contribution in [0.1, 0.15) is 40.7 Å². The van der Waals surface area contributed by atoms with Crippen LogP contribution >= 0.6 is 0 Å².